The summed E-state index contributed by atoms with van der Waals surface area (Å²) in [6.45, 7) is 7.51. The molecule has 1 aliphatic heterocycles. The maximum Gasteiger partial charge on any atom is 0.209 e. The van der Waals surface area contributed by atoms with Gasteiger partial charge >= 0.3 is 0 Å². The number of benzene rings is 1. The molecule has 0 unspecified atom stereocenters. The van der Waals surface area contributed by atoms with E-state index >= 15 is 0 Å². The average Bonchev–Trinajstić information content (AvgIpc) is 2.68. The lowest BCUT2D eigenvalue weighted by Gasteiger charge is -2.36. The number of thioether (sulfide) groups is 1. The van der Waals surface area contributed by atoms with Crippen LogP contribution in [0.4, 0.5) is 5.69 Å². The van der Waals surface area contributed by atoms with Gasteiger partial charge in [-0.05, 0) is 32.0 Å². The van der Waals surface area contributed by atoms with Crippen LogP contribution in [0.2, 0.25) is 0 Å². The Hall–Kier alpha value is -1.20. The quantitative estimate of drug-likeness (QED) is 0.855. The van der Waals surface area contributed by atoms with Crippen LogP contribution in [-0.2, 0) is 6.54 Å². The van der Waals surface area contributed by atoms with Crippen molar-refractivity contribution in [3.8, 4) is 0 Å². The fourth-order valence-corrected chi connectivity index (χ4v) is 3.68. The number of nitrogens with two attached hydrogens (primary N) is 1. The molecule has 2 N–H and O–H groups in total. The van der Waals surface area contributed by atoms with Gasteiger partial charge in [0.1, 0.15) is 5.52 Å². The fraction of sp³-hybridized carbons (Fsp3) is 0.500. The molecule has 1 aromatic carbocycles. The molecule has 0 amide bonds. The Labute approximate surface area is 117 Å². The number of fused-ring (bicyclic) bond motifs is 1. The van der Waals surface area contributed by atoms with Crippen molar-refractivity contribution in [3.63, 3.8) is 0 Å². The molecule has 2 heterocycles. The zero-order chi connectivity index (χ0) is 13.5. The fourth-order valence-electron chi connectivity index (χ4n) is 2.50. The van der Waals surface area contributed by atoms with Gasteiger partial charge < -0.3 is 10.2 Å². The molecule has 3 rings (SSSR count). The van der Waals surface area contributed by atoms with Crippen LogP contribution in [0.15, 0.2) is 22.6 Å². The van der Waals surface area contributed by atoms with E-state index in [-0.39, 0.29) is 0 Å². The van der Waals surface area contributed by atoms with Gasteiger partial charge in [-0.1, -0.05) is 0 Å². The Morgan fingerprint density at radius 2 is 2.32 bits per heavy atom. The highest BCUT2D eigenvalue weighted by Crippen LogP contribution is 2.30. The highest BCUT2D eigenvalue weighted by atomic mass is 32.2. The molecule has 19 heavy (non-hydrogen) atoms. The van der Waals surface area contributed by atoms with Crippen LogP contribution in [0.5, 0.6) is 0 Å². The van der Waals surface area contributed by atoms with Gasteiger partial charge in [-0.15, -0.1) is 0 Å². The van der Waals surface area contributed by atoms with Crippen molar-refractivity contribution in [2.45, 2.75) is 25.1 Å². The van der Waals surface area contributed by atoms with Crippen molar-refractivity contribution in [3.05, 3.63) is 24.1 Å². The summed E-state index contributed by atoms with van der Waals surface area (Å²) in [5, 5.41) is 0. The number of anilines is 1. The normalized spacial score (nSPS) is 19.9. The van der Waals surface area contributed by atoms with E-state index < -0.39 is 0 Å². The number of nitrogen functional groups attached to an aromatic ring is 1. The first-order valence-corrected chi connectivity index (χ1v) is 7.52. The summed E-state index contributed by atoms with van der Waals surface area (Å²) >= 11 is 2.03. The summed E-state index contributed by atoms with van der Waals surface area (Å²) in [5.41, 5.74) is 8.15. The minimum absolute atomic E-state index is 0.314. The minimum Gasteiger partial charge on any atom is -0.439 e. The molecule has 2 aromatic rings. The Morgan fingerprint density at radius 3 is 3.11 bits per heavy atom. The van der Waals surface area contributed by atoms with Crippen molar-refractivity contribution in [1.29, 1.82) is 0 Å². The average molecular weight is 277 g/mol. The molecule has 0 aliphatic carbocycles. The zero-order valence-electron chi connectivity index (χ0n) is 11.3. The predicted octanol–water partition coefficient (Wildman–Crippen LogP) is 2.74. The molecule has 1 fully saturated rings. The number of aromatic nitrogens is 1. The lowest BCUT2D eigenvalue weighted by molar-refractivity contribution is 0.231. The van der Waals surface area contributed by atoms with Gasteiger partial charge in [0.05, 0.1) is 6.54 Å². The summed E-state index contributed by atoms with van der Waals surface area (Å²) in [7, 11) is 0. The molecule has 0 radical (unpaired) electrons. The number of hydrogen-bond acceptors (Lipinski definition) is 5. The zero-order valence-corrected chi connectivity index (χ0v) is 12.2. The summed E-state index contributed by atoms with van der Waals surface area (Å²) < 4.78 is 6.09. The van der Waals surface area contributed by atoms with Gasteiger partial charge in [0.25, 0.3) is 0 Å². The molecule has 0 bridgehead atoms. The third-order valence-corrected chi connectivity index (χ3v) is 4.62. The molecule has 0 spiro atoms. The summed E-state index contributed by atoms with van der Waals surface area (Å²) in [6.07, 6.45) is 0. The van der Waals surface area contributed by atoms with Gasteiger partial charge in [-0.3, -0.25) is 4.90 Å². The molecule has 0 atom stereocenters. The highest BCUT2D eigenvalue weighted by molar-refractivity contribution is 8.00. The molecule has 5 heteroatoms. The monoisotopic (exact) mass is 277 g/mol. The molecule has 102 valence electrons. The van der Waals surface area contributed by atoms with Gasteiger partial charge in [0, 0.05) is 29.3 Å². The van der Waals surface area contributed by atoms with Crippen molar-refractivity contribution in [2.75, 3.05) is 24.6 Å². The van der Waals surface area contributed by atoms with Crippen LogP contribution in [0.25, 0.3) is 11.1 Å². The molecular formula is C14H19N3OS. The van der Waals surface area contributed by atoms with Crippen molar-refractivity contribution >= 4 is 28.5 Å². The van der Waals surface area contributed by atoms with E-state index in [0.717, 1.165) is 42.3 Å². The second kappa shape index (κ2) is 4.72. The van der Waals surface area contributed by atoms with Crippen LogP contribution in [0.1, 0.15) is 19.7 Å². The first kappa shape index (κ1) is 12.8. The largest absolute Gasteiger partial charge is 0.439 e. The topological polar surface area (TPSA) is 55.3 Å². The summed E-state index contributed by atoms with van der Waals surface area (Å²) in [5.74, 6) is 1.95. The van der Waals surface area contributed by atoms with Gasteiger partial charge in [-0.25, -0.2) is 4.98 Å². The maximum absolute atomic E-state index is 5.78. The van der Waals surface area contributed by atoms with Gasteiger partial charge in [0.2, 0.25) is 5.89 Å². The molecule has 1 saturated heterocycles. The van der Waals surface area contributed by atoms with Crippen molar-refractivity contribution < 1.29 is 4.42 Å². The van der Waals surface area contributed by atoms with Crippen LogP contribution < -0.4 is 5.73 Å². The number of rotatable bonds is 2. The van der Waals surface area contributed by atoms with E-state index in [4.69, 9.17) is 10.2 Å². The van der Waals surface area contributed by atoms with Crippen molar-refractivity contribution in [1.82, 2.24) is 9.88 Å². The Morgan fingerprint density at radius 1 is 1.47 bits per heavy atom. The standard InChI is InChI=1S/C14H19N3OS/c1-14(2)9-17(5-6-19-14)8-13-16-11-7-10(15)3-4-12(11)18-13/h3-4,7H,5-6,8-9,15H2,1-2H3. The Bertz CT molecular complexity index is 593. The molecule has 4 nitrogen and oxygen atoms in total. The highest BCUT2D eigenvalue weighted by Gasteiger charge is 2.27. The Balaban J connectivity index is 1.77. The summed E-state index contributed by atoms with van der Waals surface area (Å²) in [6, 6.07) is 5.59. The summed E-state index contributed by atoms with van der Waals surface area (Å²) in [4.78, 5) is 6.93. The second-order valence-corrected chi connectivity index (χ2v) is 7.46. The van der Waals surface area contributed by atoms with Gasteiger partial charge in [-0.2, -0.15) is 11.8 Å². The molecule has 1 aromatic heterocycles. The van der Waals surface area contributed by atoms with E-state index in [1.807, 2.05) is 30.0 Å². The van der Waals surface area contributed by atoms with Crippen LogP contribution in [0.3, 0.4) is 0 Å². The van der Waals surface area contributed by atoms with Crippen LogP contribution in [0, 0.1) is 0 Å². The smallest absolute Gasteiger partial charge is 0.209 e. The van der Waals surface area contributed by atoms with E-state index in [1.54, 1.807) is 0 Å². The first-order chi connectivity index (χ1) is 9.02. The van der Waals surface area contributed by atoms with Crippen LogP contribution >= 0.6 is 11.8 Å². The lowest BCUT2D eigenvalue weighted by Crippen LogP contribution is -2.42. The Kier molecular flexibility index (Phi) is 3.19. The third-order valence-electron chi connectivity index (χ3n) is 3.32. The maximum atomic E-state index is 5.78. The second-order valence-electron chi connectivity index (χ2n) is 5.65. The number of oxazole rings is 1. The van der Waals surface area contributed by atoms with Gasteiger partial charge in [0.15, 0.2) is 5.58 Å². The first-order valence-electron chi connectivity index (χ1n) is 6.53. The van der Waals surface area contributed by atoms with E-state index in [1.165, 1.54) is 5.75 Å². The molecular weight excluding hydrogens is 258 g/mol. The third kappa shape index (κ3) is 2.87. The SMILES string of the molecule is CC1(C)CN(Cc2nc3cc(N)ccc3o2)CCS1. The molecule has 0 saturated carbocycles. The van der Waals surface area contributed by atoms with Crippen molar-refractivity contribution in [2.24, 2.45) is 0 Å². The van der Waals surface area contributed by atoms with E-state index in [9.17, 15) is 0 Å². The van der Waals surface area contributed by atoms with Crippen LogP contribution in [-0.4, -0.2) is 33.5 Å². The number of nitrogens with zero attached hydrogens (tertiary/aromatic N) is 2. The predicted molar refractivity (Wildman–Crippen MR) is 80.2 cm³/mol. The lowest BCUT2D eigenvalue weighted by atomic mass is 10.2. The van der Waals surface area contributed by atoms with E-state index in [2.05, 4.69) is 23.7 Å². The van der Waals surface area contributed by atoms with E-state index in [0.29, 0.717) is 4.75 Å². The number of hydrogen-bond donors (Lipinski definition) is 1. The molecule has 1 aliphatic rings. The minimum atomic E-state index is 0.314.